The Labute approximate surface area is 112 Å². The molecular weight excluding hydrogens is 238 g/mol. The number of aromatic nitrogens is 1. The van der Waals surface area contributed by atoms with E-state index in [1.807, 2.05) is 43.3 Å². The first-order chi connectivity index (χ1) is 9.15. The number of hydrogen-bond donors (Lipinski definition) is 2. The molecule has 2 aromatic rings. The van der Waals surface area contributed by atoms with E-state index >= 15 is 0 Å². The molecule has 0 aliphatic carbocycles. The van der Waals surface area contributed by atoms with Crippen LogP contribution >= 0.6 is 0 Å². The van der Waals surface area contributed by atoms with Crippen LogP contribution in [0.1, 0.15) is 11.1 Å². The zero-order valence-corrected chi connectivity index (χ0v) is 10.8. The quantitative estimate of drug-likeness (QED) is 0.876. The normalized spacial score (nSPS) is 11.9. The predicted molar refractivity (Wildman–Crippen MR) is 75.7 cm³/mol. The van der Waals surface area contributed by atoms with Crippen molar-refractivity contribution in [1.82, 2.24) is 4.98 Å². The molecule has 1 amide bonds. The molecule has 3 N–H and O–H groups in total. The second kappa shape index (κ2) is 6.11. The number of anilines is 1. The number of nitrogens with one attached hydrogen (secondary N) is 1. The van der Waals surface area contributed by atoms with Gasteiger partial charge in [0.05, 0.1) is 17.9 Å². The highest BCUT2D eigenvalue weighted by atomic mass is 16.2. The number of carbonyl (C=O) groups excluding carboxylic acids is 1. The van der Waals surface area contributed by atoms with Gasteiger partial charge in [-0.05, 0) is 30.5 Å². The number of hydrogen-bond acceptors (Lipinski definition) is 3. The lowest BCUT2D eigenvalue weighted by atomic mass is 10.1. The first-order valence-electron chi connectivity index (χ1n) is 6.17. The molecule has 0 unspecified atom stereocenters. The number of nitrogens with zero attached hydrogens (tertiary/aromatic N) is 1. The summed E-state index contributed by atoms with van der Waals surface area (Å²) in [6, 6.07) is 11.0. The summed E-state index contributed by atoms with van der Waals surface area (Å²) in [5.41, 5.74) is 8.62. The molecular formula is C15H17N3O. The molecule has 98 valence electrons. The van der Waals surface area contributed by atoms with E-state index in [-0.39, 0.29) is 5.91 Å². The van der Waals surface area contributed by atoms with E-state index in [4.69, 9.17) is 5.73 Å². The van der Waals surface area contributed by atoms with Gasteiger partial charge in [0.25, 0.3) is 0 Å². The Morgan fingerprint density at radius 2 is 2.05 bits per heavy atom. The molecule has 0 bridgehead atoms. The number of benzene rings is 1. The van der Waals surface area contributed by atoms with E-state index in [1.54, 1.807) is 12.4 Å². The molecule has 19 heavy (non-hydrogen) atoms. The van der Waals surface area contributed by atoms with Gasteiger partial charge >= 0.3 is 0 Å². The largest absolute Gasteiger partial charge is 0.323 e. The lowest BCUT2D eigenvalue weighted by molar-refractivity contribution is -0.117. The van der Waals surface area contributed by atoms with Crippen LogP contribution in [0.5, 0.6) is 0 Å². The van der Waals surface area contributed by atoms with Crippen LogP contribution in [0.15, 0.2) is 48.8 Å². The number of aryl methyl sites for hydroxylation is 1. The average molecular weight is 255 g/mol. The first-order valence-corrected chi connectivity index (χ1v) is 6.17. The van der Waals surface area contributed by atoms with Crippen molar-refractivity contribution in [3.63, 3.8) is 0 Å². The van der Waals surface area contributed by atoms with E-state index in [9.17, 15) is 4.79 Å². The molecule has 0 aliphatic heterocycles. The SMILES string of the molecule is Cc1cncc(NC(=O)[C@H](N)Cc2ccccc2)c1. The molecule has 4 nitrogen and oxygen atoms in total. The molecule has 0 radical (unpaired) electrons. The van der Waals surface area contributed by atoms with Crippen molar-refractivity contribution >= 4 is 11.6 Å². The minimum absolute atomic E-state index is 0.198. The standard InChI is InChI=1S/C15H17N3O/c1-11-7-13(10-17-9-11)18-15(19)14(16)8-12-5-3-2-4-6-12/h2-7,9-10,14H,8,16H2,1H3,(H,18,19)/t14-/m1/s1. The van der Waals surface area contributed by atoms with Gasteiger partial charge in [-0.3, -0.25) is 9.78 Å². The topological polar surface area (TPSA) is 68.0 Å². The predicted octanol–water partition coefficient (Wildman–Crippen LogP) is 1.90. The summed E-state index contributed by atoms with van der Waals surface area (Å²) in [6.45, 7) is 1.92. The van der Waals surface area contributed by atoms with Crippen LogP contribution in [0.25, 0.3) is 0 Å². The second-order valence-electron chi connectivity index (χ2n) is 4.54. The van der Waals surface area contributed by atoms with Crippen LogP contribution in [0.3, 0.4) is 0 Å². The van der Waals surface area contributed by atoms with Crippen molar-refractivity contribution in [2.45, 2.75) is 19.4 Å². The summed E-state index contributed by atoms with van der Waals surface area (Å²) < 4.78 is 0. The van der Waals surface area contributed by atoms with Crippen LogP contribution in [0.4, 0.5) is 5.69 Å². The monoisotopic (exact) mass is 255 g/mol. The Balaban J connectivity index is 1.96. The van der Waals surface area contributed by atoms with E-state index in [0.717, 1.165) is 11.1 Å². The highest BCUT2D eigenvalue weighted by molar-refractivity contribution is 5.94. The zero-order valence-electron chi connectivity index (χ0n) is 10.8. The zero-order chi connectivity index (χ0) is 13.7. The summed E-state index contributed by atoms with van der Waals surface area (Å²) in [7, 11) is 0. The summed E-state index contributed by atoms with van der Waals surface area (Å²) >= 11 is 0. The van der Waals surface area contributed by atoms with Crippen LogP contribution in [-0.4, -0.2) is 16.9 Å². The fourth-order valence-corrected chi connectivity index (χ4v) is 1.82. The number of nitrogens with two attached hydrogens (primary N) is 1. The van der Waals surface area contributed by atoms with Crippen molar-refractivity contribution in [2.75, 3.05) is 5.32 Å². The Hall–Kier alpha value is -2.20. The van der Waals surface area contributed by atoms with Crippen molar-refractivity contribution in [3.05, 3.63) is 59.9 Å². The summed E-state index contributed by atoms with van der Waals surface area (Å²) in [4.78, 5) is 16.0. The van der Waals surface area contributed by atoms with Gasteiger partial charge in [-0.2, -0.15) is 0 Å². The molecule has 4 heteroatoms. The van der Waals surface area contributed by atoms with Gasteiger partial charge in [0.2, 0.25) is 5.91 Å². The Morgan fingerprint density at radius 1 is 1.32 bits per heavy atom. The van der Waals surface area contributed by atoms with Gasteiger partial charge in [-0.25, -0.2) is 0 Å². The lowest BCUT2D eigenvalue weighted by Crippen LogP contribution is -2.37. The minimum atomic E-state index is -0.567. The fourth-order valence-electron chi connectivity index (χ4n) is 1.82. The van der Waals surface area contributed by atoms with Gasteiger partial charge in [0, 0.05) is 6.20 Å². The molecule has 1 heterocycles. The molecule has 1 aromatic heterocycles. The van der Waals surface area contributed by atoms with Crippen molar-refractivity contribution < 1.29 is 4.79 Å². The van der Waals surface area contributed by atoms with Gasteiger partial charge in [0.1, 0.15) is 0 Å². The maximum Gasteiger partial charge on any atom is 0.241 e. The van der Waals surface area contributed by atoms with Crippen LogP contribution in [-0.2, 0) is 11.2 Å². The number of rotatable bonds is 4. The van der Waals surface area contributed by atoms with E-state index in [0.29, 0.717) is 12.1 Å². The maximum atomic E-state index is 12.0. The average Bonchev–Trinajstić information content (AvgIpc) is 2.40. The summed E-state index contributed by atoms with van der Waals surface area (Å²) in [5.74, 6) is -0.198. The molecule has 0 saturated heterocycles. The molecule has 0 fully saturated rings. The second-order valence-corrected chi connectivity index (χ2v) is 4.54. The first kappa shape index (κ1) is 13.2. The molecule has 1 aromatic carbocycles. The highest BCUT2D eigenvalue weighted by Crippen LogP contribution is 2.08. The van der Waals surface area contributed by atoms with Gasteiger partial charge in [-0.1, -0.05) is 30.3 Å². The van der Waals surface area contributed by atoms with E-state index in [1.165, 1.54) is 0 Å². The number of amides is 1. The Bertz CT molecular complexity index is 554. The lowest BCUT2D eigenvalue weighted by Gasteiger charge is -2.12. The molecule has 2 rings (SSSR count). The highest BCUT2D eigenvalue weighted by Gasteiger charge is 2.14. The van der Waals surface area contributed by atoms with Crippen molar-refractivity contribution in [2.24, 2.45) is 5.73 Å². The van der Waals surface area contributed by atoms with E-state index < -0.39 is 6.04 Å². The molecule has 0 spiro atoms. The van der Waals surface area contributed by atoms with E-state index in [2.05, 4.69) is 10.3 Å². The van der Waals surface area contributed by atoms with Crippen LogP contribution in [0, 0.1) is 6.92 Å². The Morgan fingerprint density at radius 3 is 2.74 bits per heavy atom. The summed E-state index contributed by atoms with van der Waals surface area (Å²) in [5, 5.41) is 2.78. The van der Waals surface area contributed by atoms with Crippen LogP contribution < -0.4 is 11.1 Å². The third kappa shape index (κ3) is 3.89. The van der Waals surface area contributed by atoms with Gasteiger partial charge < -0.3 is 11.1 Å². The van der Waals surface area contributed by atoms with Crippen molar-refractivity contribution in [3.8, 4) is 0 Å². The molecule has 1 atom stereocenters. The van der Waals surface area contributed by atoms with Gasteiger partial charge in [-0.15, -0.1) is 0 Å². The fraction of sp³-hybridized carbons (Fsp3) is 0.200. The minimum Gasteiger partial charge on any atom is -0.323 e. The number of pyridine rings is 1. The van der Waals surface area contributed by atoms with Crippen LogP contribution in [0.2, 0.25) is 0 Å². The number of carbonyl (C=O) groups is 1. The van der Waals surface area contributed by atoms with Gasteiger partial charge in [0.15, 0.2) is 0 Å². The smallest absolute Gasteiger partial charge is 0.241 e. The third-order valence-electron chi connectivity index (χ3n) is 2.78. The third-order valence-corrected chi connectivity index (χ3v) is 2.78. The molecule has 0 saturated carbocycles. The maximum absolute atomic E-state index is 12.0. The summed E-state index contributed by atoms with van der Waals surface area (Å²) in [6.07, 6.45) is 3.87. The Kier molecular flexibility index (Phi) is 4.26. The molecule has 0 aliphatic rings. The van der Waals surface area contributed by atoms with Crippen molar-refractivity contribution in [1.29, 1.82) is 0 Å².